The molecule has 0 aliphatic heterocycles. The average Bonchev–Trinajstić information content (AvgIpc) is 2.73. The molecular weight excluding hydrogens is 448 g/mol. The van der Waals surface area contributed by atoms with Gasteiger partial charge in [-0.2, -0.15) is 10.3 Å². The third-order valence-corrected chi connectivity index (χ3v) is 4.82. The zero-order valence-corrected chi connectivity index (χ0v) is 20.4. The fraction of sp³-hybridized carbons (Fsp3) is 0.375. The van der Waals surface area contributed by atoms with Crippen LogP contribution >= 0.6 is 12.8 Å². The van der Waals surface area contributed by atoms with E-state index in [9.17, 15) is 14.0 Å². The topological polar surface area (TPSA) is 54.3 Å². The molecule has 9 heteroatoms. The minimum absolute atomic E-state index is 0.197. The molecule has 2 aromatic rings. The standard InChI is InChI=1S/C24H32F2N3O3S/c1-6-8-9-24(17(3)4)27-28(7-2)18-14-22(25)21(23(26)15-18)16-31-19-10-12-20(13-11-19)32-29(5,30)33/h7,10-15,17,30,33H,2,6,8-9,16H2,1,3-5H3/q+1/b27-24-. The lowest BCUT2D eigenvalue weighted by Crippen LogP contribution is -2.32. The van der Waals surface area contributed by atoms with Crippen molar-refractivity contribution in [2.45, 2.75) is 46.6 Å². The fourth-order valence-electron chi connectivity index (χ4n) is 2.97. The van der Waals surface area contributed by atoms with Gasteiger partial charge in [0.2, 0.25) is 0 Å². The first-order valence-corrected chi connectivity index (χ1v) is 11.2. The third kappa shape index (κ3) is 8.34. The minimum Gasteiger partial charge on any atom is -0.489 e. The normalized spacial score (nSPS) is 13.5. The molecule has 0 radical (unpaired) electrons. The highest BCUT2D eigenvalue weighted by Gasteiger charge is 2.17. The molecule has 1 atom stereocenters. The maximum atomic E-state index is 14.8. The molecular formula is C24H32F2N3O3S+. The van der Waals surface area contributed by atoms with E-state index < -0.39 is 15.8 Å². The lowest BCUT2D eigenvalue weighted by Gasteiger charge is -2.19. The summed E-state index contributed by atoms with van der Waals surface area (Å²) in [7, 11) is 1.32. The Labute approximate surface area is 199 Å². The van der Waals surface area contributed by atoms with Gasteiger partial charge in [0.25, 0.3) is 0 Å². The highest BCUT2D eigenvalue weighted by atomic mass is 32.1. The third-order valence-electron chi connectivity index (χ3n) is 4.74. The molecule has 0 bridgehead atoms. The Morgan fingerprint density at radius 3 is 2.27 bits per heavy atom. The van der Waals surface area contributed by atoms with Crippen LogP contribution in [-0.4, -0.2) is 22.2 Å². The number of hydrazone groups is 1. The van der Waals surface area contributed by atoms with Crippen LogP contribution in [0.1, 0.15) is 45.6 Å². The predicted molar refractivity (Wildman–Crippen MR) is 129 cm³/mol. The summed E-state index contributed by atoms with van der Waals surface area (Å²) in [6.45, 7) is 9.61. The second kappa shape index (κ2) is 12.0. The summed E-state index contributed by atoms with van der Waals surface area (Å²) in [6, 6.07) is 8.63. The highest BCUT2D eigenvalue weighted by Crippen LogP contribution is 2.26. The number of halogens is 2. The van der Waals surface area contributed by atoms with Crippen molar-refractivity contribution in [2.24, 2.45) is 11.0 Å². The summed E-state index contributed by atoms with van der Waals surface area (Å²) in [5, 5.41) is 15.5. The summed E-state index contributed by atoms with van der Waals surface area (Å²) in [6.07, 6.45) is 4.26. The Morgan fingerprint density at radius 1 is 1.21 bits per heavy atom. The second-order valence-corrected chi connectivity index (χ2v) is 8.69. The lowest BCUT2D eigenvalue weighted by atomic mass is 10.0. The van der Waals surface area contributed by atoms with E-state index in [0.717, 1.165) is 25.0 Å². The van der Waals surface area contributed by atoms with Gasteiger partial charge in [0.15, 0.2) is 12.8 Å². The number of anilines is 1. The molecule has 0 aromatic heterocycles. The monoisotopic (exact) mass is 480 g/mol. The zero-order valence-electron chi connectivity index (χ0n) is 19.5. The summed E-state index contributed by atoms with van der Waals surface area (Å²) in [5.41, 5.74) is 0.990. The first-order chi connectivity index (χ1) is 15.5. The largest absolute Gasteiger partial charge is 0.489 e. The van der Waals surface area contributed by atoms with Gasteiger partial charge in [-0.15, -0.1) is 0 Å². The number of hydrogen-bond acceptors (Lipinski definition) is 6. The average molecular weight is 481 g/mol. The molecule has 0 aliphatic carbocycles. The molecule has 0 spiro atoms. The van der Waals surface area contributed by atoms with E-state index in [1.54, 1.807) is 24.3 Å². The number of quaternary nitrogens is 1. The van der Waals surface area contributed by atoms with Gasteiger partial charge in [0, 0.05) is 24.0 Å². The number of hydrogen-bond donors (Lipinski definition) is 2. The van der Waals surface area contributed by atoms with E-state index in [1.165, 1.54) is 30.4 Å². The molecule has 1 unspecified atom stereocenters. The maximum absolute atomic E-state index is 14.8. The van der Waals surface area contributed by atoms with Crippen LogP contribution in [0, 0.1) is 17.6 Å². The molecule has 33 heavy (non-hydrogen) atoms. The Balaban J connectivity index is 2.16. The summed E-state index contributed by atoms with van der Waals surface area (Å²) in [4.78, 5) is 5.13. The number of rotatable bonds is 12. The van der Waals surface area contributed by atoms with Crippen LogP contribution in [0.5, 0.6) is 11.5 Å². The molecule has 6 nitrogen and oxygen atoms in total. The van der Waals surface area contributed by atoms with Gasteiger partial charge in [-0.1, -0.05) is 33.8 Å². The first kappa shape index (κ1) is 26.6. The maximum Gasteiger partial charge on any atom is 0.196 e. The first-order valence-electron chi connectivity index (χ1n) is 10.8. The van der Waals surface area contributed by atoms with E-state index >= 15 is 0 Å². The van der Waals surface area contributed by atoms with E-state index in [1.807, 2.05) is 13.8 Å². The molecule has 0 aliphatic rings. The summed E-state index contributed by atoms with van der Waals surface area (Å²) in [5.74, 6) is -0.554. The molecule has 0 amide bonds. The number of nitrogens with zero attached hydrogens (tertiary/aromatic N) is 3. The molecule has 2 aromatic carbocycles. The fourth-order valence-corrected chi connectivity index (χ4v) is 3.06. The van der Waals surface area contributed by atoms with E-state index in [4.69, 9.17) is 9.57 Å². The van der Waals surface area contributed by atoms with Crippen LogP contribution in [0.3, 0.4) is 0 Å². The van der Waals surface area contributed by atoms with Crippen molar-refractivity contribution >= 4 is 24.2 Å². The molecule has 0 saturated heterocycles. The van der Waals surface area contributed by atoms with Crippen molar-refractivity contribution in [1.29, 1.82) is 0 Å². The smallest absolute Gasteiger partial charge is 0.196 e. The van der Waals surface area contributed by atoms with Crippen molar-refractivity contribution in [3.8, 4) is 11.5 Å². The van der Waals surface area contributed by atoms with Crippen LogP contribution in [0.4, 0.5) is 14.5 Å². The van der Waals surface area contributed by atoms with Crippen molar-refractivity contribution in [2.75, 3.05) is 12.1 Å². The summed E-state index contributed by atoms with van der Waals surface area (Å²) >= 11 is 3.81. The van der Waals surface area contributed by atoms with Crippen molar-refractivity contribution in [3.63, 3.8) is 0 Å². The molecule has 2 rings (SSSR count). The van der Waals surface area contributed by atoms with Crippen molar-refractivity contribution < 1.29 is 27.8 Å². The van der Waals surface area contributed by atoms with Gasteiger partial charge in [-0.05, 0) is 43.0 Å². The number of hydroxylamine groups is 2. The van der Waals surface area contributed by atoms with Gasteiger partial charge in [-0.3, -0.25) is 4.84 Å². The van der Waals surface area contributed by atoms with Crippen molar-refractivity contribution in [3.05, 3.63) is 66.4 Å². The van der Waals surface area contributed by atoms with E-state index in [-0.39, 0.29) is 23.8 Å². The van der Waals surface area contributed by atoms with Gasteiger partial charge >= 0.3 is 0 Å². The molecule has 0 fully saturated rings. The zero-order chi connectivity index (χ0) is 24.6. The predicted octanol–water partition coefficient (Wildman–Crippen LogP) is 6.67. The number of benzene rings is 2. The quantitative estimate of drug-likeness (QED) is 0.154. The second-order valence-electron chi connectivity index (χ2n) is 7.95. The molecule has 1 N–H and O–H groups in total. The number of thiol groups is 1. The van der Waals surface area contributed by atoms with Gasteiger partial charge in [0.05, 0.1) is 15.5 Å². The van der Waals surface area contributed by atoms with E-state index in [0.29, 0.717) is 11.5 Å². The van der Waals surface area contributed by atoms with Crippen LogP contribution < -0.4 is 14.6 Å². The SMILES string of the molecule is C=CN(/N=C(/CCCC)C(C)C)c1cc(F)c(COc2ccc(O[N+](C)(O)S)cc2)c(F)c1. The lowest BCUT2D eigenvalue weighted by molar-refractivity contribution is -1.11. The number of ether oxygens (including phenoxy) is 1. The Bertz CT molecular complexity index is 937. The van der Waals surface area contributed by atoms with Crippen molar-refractivity contribution in [1.82, 2.24) is 0 Å². The van der Waals surface area contributed by atoms with Crippen LogP contribution in [0.2, 0.25) is 0 Å². The van der Waals surface area contributed by atoms with Crippen LogP contribution in [0.25, 0.3) is 0 Å². The number of unbranched alkanes of at least 4 members (excludes halogenated alkanes) is 1. The molecule has 180 valence electrons. The highest BCUT2D eigenvalue weighted by molar-refractivity contribution is 7.73. The Hall–Kier alpha value is -2.62. The van der Waals surface area contributed by atoms with Crippen LogP contribution in [-0.2, 0) is 6.61 Å². The summed E-state index contributed by atoms with van der Waals surface area (Å²) < 4.78 is 34.1. The Kier molecular flexibility index (Phi) is 9.70. The van der Waals surface area contributed by atoms with Gasteiger partial charge < -0.3 is 4.74 Å². The van der Waals surface area contributed by atoms with Crippen LogP contribution in [0.15, 0.2) is 54.3 Å². The Morgan fingerprint density at radius 2 is 1.79 bits per heavy atom. The minimum atomic E-state index is -0.994. The molecule has 0 saturated carbocycles. The van der Waals surface area contributed by atoms with Gasteiger partial charge in [0.1, 0.15) is 36.8 Å². The van der Waals surface area contributed by atoms with Gasteiger partial charge in [-0.25, -0.2) is 13.8 Å². The molecule has 0 heterocycles. The van der Waals surface area contributed by atoms with E-state index in [2.05, 4.69) is 31.4 Å².